The summed E-state index contributed by atoms with van der Waals surface area (Å²) in [5.74, 6) is 0.187. The predicted molar refractivity (Wildman–Crippen MR) is 78.7 cm³/mol. The quantitative estimate of drug-likeness (QED) is 0.704. The molecule has 2 nitrogen and oxygen atoms in total. The first kappa shape index (κ1) is 13.1. The van der Waals surface area contributed by atoms with Gasteiger partial charge in [0.05, 0.1) is 15.7 Å². The second-order valence-corrected chi connectivity index (χ2v) is 6.04. The highest BCUT2D eigenvalue weighted by molar-refractivity contribution is 7.84. The van der Waals surface area contributed by atoms with Gasteiger partial charge in [-0.15, -0.1) is 0 Å². The minimum absolute atomic E-state index is 0.361. The number of hydrogen-bond donors (Lipinski definition) is 0. The van der Waals surface area contributed by atoms with Crippen molar-refractivity contribution in [2.75, 3.05) is 6.26 Å². The average Bonchev–Trinajstić information content (AvgIpc) is 2.78. The zero-order valence-electron chi connectivity index (χ0n) is 11.1. The molecule has 0 radical (unpaired) electrons. The Labute approximate surface area is 118 Å². The molecule has 0 saturated carbocycles. The van der Waals surface area contributed by atoms with Crippen molar-refractivity contribution in [1.82, 2.24) is 0 Å². The summed E-state index contributed by atoms with van der Waals surface area (Å²) < 4.78 is 31.2. The van der Waals surface area contributed by atoms with Crippen LogP contribution >= 0.6 is 0 Å². The Morgan fingerprint density at radius 3 is 2.45 bits per heavy atom. The first-order valence-electron chi connectivity index (χ1n) is 6.19. The van der Waals surface area contributed by atoms with Crippen LogP contribution in [0.25, 0.3) is 22.3 Å². The molecule has 1 heterocycles. The van der Waals surface area contributed by atoms with Crippen molar-refractivity contribution in [3.63, 3.8) is 0 Å². The van der Waals surface area contributed by atoms with Crippen molar-refractivity contribution in [2.45, 2.75) is 11.8 Å². The third kappa shape index (κ3) is 2.16. The molecule has 0 saturated heterocycles. The van der Waals surface area contributed by atoms with Gasteiger partial charge in [-0.05, 0) is 25.1 Å². The van der Waals surface area contributed by atoms with Crippen molar-refractivity contribution in [1.29, 1.82) is 0 Å². The van der Waals surface area contributed by atoms with Crippen LogP contribution in [-0.4, -0.2) is 10.5 Å². The molecule has 102 valence electrons. The molecule has 0 aliphatic carbocycles. The monoisotopic (exact) mass is 288 g/mol. The Morgan fingerprint density at radius 2 is 1.80 bits per heavy atom. The van der Waals surface area contributed by atoms with Crippen LogP contribution in [0.4, 0.5) is 4.39 Å². The minimum Gasteiger partial charge on any atom is -0.455 e. The number of benzene rings is 2. The van der Waals surface area contributed by atoms with Gasteiger partial charge in [0.2, 0.25) is 0 Å². The summed E-state index contributed by atoms with van der Waals surface area (Å²) in [6.45, 7) is 2.00. The molecule has 0 amide bonds. The van der Waals surface area contributed by atoms with Crippen molar-refractivity contribution in [2.24, 2.45) is 0 Å². The lowest BCUT2D eigenvalue weighted by Gasteiger charge is -2.01. The maximum Gasteiger partial charge on any atom is 0.151 e. The van der Waals surface area contributed by atoms with E-state index < -0.39 is 10.8 Å². The third-order valence-corrected chi connectivity index (χ3v) is 4.19. The van der Waals surface area contributed by atoms with Crippen molar-refractivity contribution in [3.05, 3.63) is 53.8 Å². The van der Waals surface area contributed by atoms with Crippen LogP contribution < -0.4 is 0 Å². The van der Waals surface area contributed by atoms with E-state index in [9.17, 15) is 8.60 Å². The highest BCUT2D eigenvalue weighted by atomic mass is 32.2. The van der Waals surface area contributed by atoms with Crippen LogP contribution in [0, 0.1) is 12.7 Å². The van der Waals surface area contributed by atoms with Gasteiger partial charge in [0, 0.05) is 17.2 Å². The van der Waals surface area contributed by atoms with Crippen LogP contribution in [0.15, 0.2) is 51.8 Å². The summed E-state index contributed by atoms with van der Waals surface area (Å²) in [6.07, 6.45) is 1.58. The van der Waals surface area contributed by atoms with Gasteiger partial charge in [0.25, 0.3) is 0 Å². The van der Waals surface area contributed by atoms with Gasteiger partial charge in [-0.3, -0.25) is 4.21 Å². The van der Waals surface area contributed by atoms with Gasteiger partial charge < -0.3 is 4.42 Å². The number of fused-ring (bicyclic) bond motifs is 1. The smallest absolute Gasteiger partial charge is 0.151 e. The van der Waals surface area contributed by atoms with E-state index in [1.54, 1.807) is 12.3 Å². The average molecular weight is 288 g/mol. The maximum atomic E-state index is 13.4. The molecule has 0 aliphatic heterocycles. The van der Waals surface area contributed by atoms with Crippen molar-refractivity contribution in [3.8, 4) is 11.3 Å². The van der Waals surface area contributed by atoms with Crippen LogP contribution in [0.3, 0.4) is 0 Å². The van der Waals surface area contributed by atoms with Gasteiger partial charge in [-0.1, -0.05) is 29.8 Å². The molecule has 4 heteroatoms. The lowest BCUT2D eigenvalue weighted by molar-refractivity contribution is 0.615. The molecular weight excluding hydrogens is 275 g/mol. The van der Waals surface area contributed by atoms with E-state index in [0.29, 0.717) is 21.6 Å². The predicted octanol–water partition coefficient (Wildman–Crippen LogP) is 4.28. The number of aryl methyl sites for hydroxylation is 1. The fraction of sp³-hybridized carbons (Fsp3) is 0.125. The molecule has 0 N–H and O–H groups in total. The van der Waals surface area contributed by atoms with Crippen molar-refractivity contribution >= 4 is 21.8 Å². The zero-order chi connectivity index (χ0) is 14.3. The molecule has 0 spiro atoms. The fourth-order valence-corrected chi connectivity index (χ4v) is 3.12. The highest BCUT2D eigenvalue weighted by Crippen LogP contribution is 2.36. The zero-order valence-corrected chi connectivity index (χ0v) is 12.0. The van der Waals surface area contributed by atoms with Gasteiger partial charge in [-0.2, -0.15) is 0 Å². The molecule has 0 unspecified atom stereocenters. The van der Waals surface area contributed by atoms with E-state index in [2.05, 4.69) is 0 Å². The van der Waals surface area contributed by atoms with E-state index >= 15 is 0 Å². The summed E-state index contributed by atoms with van der Waals surface area (Å²) in [5.41, 5.74) is 2.53. The van der Waals surface area contributed by atoms with Gasteiger partial charge in [-0.25, -0.2) is 4.39 Å². The molecule has 0 aliphatic rings. The first-order chi connectivity index (χ1) is 9.56. The van der Waals surface area contributed by atoms with Gasteiger partial charge >= 0.3 is 0 Å². The van der Waals surface area contributed by atoms with Gasteiger partial charge in [0.15, 0.2) is 5.76 Å². The Hall–Kier alpha value is -1.94. The van der Waals surface area contributed by atoms with E-state index in [1.807, 2.05) is 31.2 Å². The summed E-state index contributed by atoms with van der Waals surface area (Å²) in [6, 6.07) is 12.0. The number of halogens is 1. The normalized spacial score (nSPS) is 12.8. The molecular formula is C16H13FO2S. The Kier molecular flexibility index (Phi) is 3.18. The van der Waals surface area contributed by atoms with Crippen LogP contribution in [0.5, 0.6) is 0 Å². The molecule has 20 heavy (non-hydrogen) atoms. The summed E-state index contributed by atoms with van der Waals surface area (Å²) in [7, 11) is -1.26. The molecule has 0 bridgehead atoms. The van der Waals surface area contributed by atoms with E-state index in [1.165, 1.54) is 12.1 Å². The Bertz CT molecular complexity index is 803. The van der Waals surface area contributed by atoms with E-state index in [-0.39, 0.29) is 5.82 Å². The van der Waals surface area contributed by atoms with E-state index in [0.717, 1.165) is 11.1 Å². The molecule has 0 fully saturated rings. The van der Waals surface area contributed by atoms with Crippen LogP contribution in [-0.2, 0) is 10.8 Å². The maximum absolute atomic E-state index is 13.4. The molecule has 3 rings (SSSR count). The number of rotatable bonds is 2. The second-order valence-electron chi connectivity index (χ2n) is 4.72. The summed E-state index contributed by atoms with van der Waals surface area (Å²) in [4.78, 5) is 0.545. The topological polar surface area (TPSA) is 30.2 Å². The number of furan rings is 1. The standard InChI is InChI=1S/C16H13FO2S/c1-10-3-5-11(6-4-10)15-16(20(2)18)13-9-12(17)7-8-14(13)19-15/h3-9H,1-2H3/t20-/m0/s1. The molecule has 3 aromatic rings. The van der Waals surface area contributed by atoms with Crippen molar-refractivity contribution < 1.29 is 13.0 Å². The molecule has 1 aromatic heterocycles. The van der Waals surface area contributed by atoms with Gasteiger partial charge in [0.1, 0.15) is 11.4 Å². The largest absolute Gasteiger partial charge is 0.455 e. The fourth-order valence-electron chi connectivity index (χ4n) is 2.23. The minimum atomic E-state index is -1.26. The molecule has 1 atom stereocenters. The summed E-state index contributed by atoms with van der Waals surface area (Å²) >= 11 is 0. The first-order valence-corrected chi connectivity index (χ1v) is 7.74. The second kappa shape index (κ2) is 4.87. The summed E-state index contributed by atoms with van der Waals surface area (Å²) in [5, 5.41) is 0.571. The highest BCUT2D eigenvalue weighted by Gasteiger charge is 2.19. The lowest BCUT2D eigenvalue weighted by atomic mass is 10.1. The van der Waals surface area contributed by atoms with E-state index in [4.69, 9.17) is 4.42 Å². The van der Waals surface area contributed by atoms with Crippen LogP contribution in [0.1, 0.15) is 5.56 Å². The van der Waals surface area contributed by atoms with Crippen LogP contribution in [0.2, 0.25) is 0 Å². The third-order valence-electron chi connectivity index (χ3n) is 3.21. The molecule has 2 aromatic carbocycles. The number of hydrogen-bond acceptors (Lipinski definition) is 2. The Morgan fingerprint density at radius 1 is 1.10 bits per heavy atom. The SMILES string of the molecule is Cc1ccc(-c2oc3ccc(F)cc3c2[S@](C)=O)cc1. The lowest BCUT2D eigenvalue weighted by Crippen LogP contribution is -1.89. The Balaban J connectivity index is 2.32.